The van der Waals surface area contributed by atoms with Gasteiger partial charge in [-0.05, 0) is 35.7 Å². The molecule has 0 bridgehead atoms. The molecule has 4 heterocycles. The van der Waals surface area contributed by atoms with E-state index in [-0.39, 0.29) is 16.8 Å². The topological polar surface area (TPSA) is 109 Å². The number of hydrogen-bond donors (Lipinski definition) is 3. The first kappa shape index (κ1) is 23.7. The standard InChI is InChI=1S/C24H18F3N5O3S/c25-24(26,27)23(35)18(21(33)14-6-4-10-28-12-14)20(29-22(34)30-23)16-13-32(15-7-2-1-3-8-15)31-19(16)17-9-5-11-36-17/h1-13,18,20,35H,(H2,29,30,34)/t18-,20+,23-/m0/s1. The van der Waals surface area contributed by atoms with Crippen molar-refractivity contribution < 1.29 is 27.9 Å². The summed E-state index contributed by atoms with van der Waals surface area (Å²) in [5, 5.41) is 21.2. The highest BCUT2D eigenvalue weighted by molar-refractivity contribution is 7.13. The third-order valence-corrected chi connectivity index (χ3v) is 6.76. The minimum Gasteiger partial charge on any atom is -0.363 e. The zero-order chi connectivity index (χ0) is 25.5. The Kier molecular flexibility index (Phi) is 5.85. The van der Waals surface area contributed by atoms with Crippen LogP contribution in [-0.2, 0) is 0 Å². The highest BCUT2D eigenvalue weighted by atomic mass is 32.1. The van der Waals surface area contributed by atoms with Crippen molar-refractivity contribution >= 4 is 23.2 Å². The number of aliphatic hydroxyl groups is 1. The predicted octanol–water partition coefficient (Wildman–Crippen LogP) is 4.10. The Morgan fingerprint density at radius 2 is 1.89 bits per heavy atom. The number of urea groups is 1. The van der Waals surface area contributed by atoms with Crippen molar-refractivity contribution in [1.82, 2.24) is 25.4 Å². The van der Waals surface area contributed by atoms with Gasteiger partial charge in [0.25, 0.3) is 0 Å². The van der Waals surface area contributed by atoms with Crippen molar-refractivity contribution in [2.75, 3.05) is 0 Å². The third-order valence-electron chi connectivity index (χ3n) is 5.89. The molecule has 1 aliphatic rings. The lowest BCUT2D eigenvalue weighted by molar-refractivity contribution is -0.287. The van der Waals surface area contributed by atoms with Gasteiger partial charge in [0.1, 0.15) is 11.6 Å². The van der Waals surface area contributed by atoms with Crippen LogP contribution >= 0.6 is 11.3 Å². The van der Waals surface area contributed by atoms with E-state index in [0.29, 0.717) is 10.6 Å². The second-order valence-electron chi connectivity index (χ2n) is 8.11. The van der Waals surface area contributed by atoms with Gasteiger partial charge in [0.15, 0.2) is 5.78 Å². The van der Waals surface area contributed by atoms with Gasteiger partial charge in [-0.1, -0.05) is 24.3 Å². The van der Waals surface area contributed by atoms with Crippen LogP contribution in [0, 0.1) is 5.92 Å². The molecule has 1 aliphatic heterocycles. The summed E-state index contributed by atoms with van der Waals surface area (Å²) < 4.78 is 44.3. The van der Waals surface area contributed by atoms with E-state index in [2.05, 4.69) is 15.4 Å². The highest BCUT2D eigenvalue weighted by Gasteiger charge is 2.66. The molecule has 3 aromatic heterocycles. The number of nitrogens with one attached hydrogen (secondary N) is 2. The SMILES string of the molecule is O=C1N[C@H](c2cn(-c3ccccc3)nc2-c2cccs2)[C@@H](C(=O)c2cccnc2)[C@](O)(C(F)(F)F)N1. The number of carbonyl (C=O) groups excluding carboxylic acids is 2. The van der Waals surface area contributed by atoms with Crippen molar-refractivity contribution in [3.05, 3.63) is 89.7 Å². The number of rotatable bonds is 5. The Bertz CT molecular complexity index is 1390. The molecule has 0 aliphatic carbocycles. The van der Waals surface area contributed by atoms with Crippen molar-refractivity contribution in [2.45, 2.75) is 17.9 Å². The van der Waals surface area contributed by atoms with Gasteiger partial charge in [0.2, 0.25) is 5.72 Å². The van der Waals surface area contributed by atoms with E-state index >= 15 is 0 Å². The number of amides is 2. The fourth-order valence-electron chi connectivity index (χ4n) is 4.22. The van der Waals surface area contributed by atoms with E-state index in [4.69, 9.17) is 0 Å². The molecular formula is C24H18F3N5O3S. The maximum Gasteiger partial charge on any atom is 0.437 e. The van der Waals surface area contributed by atoms with E-state index in [1.807, 2.05) is 0 Å². The van der Waals surface area contributed by atoms with Crippen molar-refractivity contribution in [3.8, 4) is 16.3 Å². The number of benzene rings is 1. The number of alkyl halides is 3. The number of nitrogens with zero attached hydrogens (tertiary/aromatic N) is 3. The normalized spacial score (nSPS) is 22.1. The minimum atomic E-state index is -5.37. The Morgan fingerprint density at radius 3 is 2.53 bits per heavy atom. The number of carbonyl (C=O) groups is 2. The number of halogens is 3. The molecule has 184 valence electrons. The molecule has 1 fully saturated rings. The molecule has 3 atom stereocenters. The fourth-order valence-corrected chi connectivity index (χ4v) is 4.95. The average molecular weight is 514 g/mol. The van der Waals surface area contributed by atoms with Gasteiger partial charge in [-0.15, -0.1) is 11.3 Å². The first-order valence-corrected chi connectivity index (χ1v) is 11.6. The number of para-hydroxylation sites is 1. The Hall–Kier alpha value is -4.03. The number of Topliss-reactive ketones (excluding diaryl/α,β-unsaturated/α-hetero) is 1. The zero-order valence-corrected chi connectivity index (χ0v) is 19.1. The van der Waals surface area contributed by atoms with E-state index in [1.165, 1.54) is 40.5 Å². The van der Waals surface area contributed by atoms with Crippen LogP contribution < -0.4 is 10.6 Å². The lowest BCUT2D eigenvalue weighted by Gasteiger charge is -2.44. The lowest BCUT2D eigenvalue weighted by Crippen LogP contribution is -2.72. The number of aromatic nitrogens is 3. The monoisotopic (exact) mass is 513 g/mol. The minimum absolute atomic E-state index is 0.140. The Balaban J connectivity index is 1.72. The van der Waals surface area contributed by atoms with E-state index in [1.54, 1.807) is 53.2 Å². The third kappa shape index (κ3) is 4.03. The molecule has 0 unspecified atom stereocenters. The second-order valence-corrected chi connectivity index (χ2v) is 9.06. The lowest BCUT2D eigenvalue weighted by atomic mass is 9.77. The molecule has 5 rings (SSSR count). The van der Waals surface area contributed by atoms with Crippen LogP contribution in [0.1, 0.15) is 22.0 Å². The van der Waals surface area contributed by atoms with E-state index < -0.39 is 35.7 Å². The highest BCUT2D eigenvalue weighted by Crippen LogP contribution is 2.46. The summed E-state index contributed by atoms with van der Waals surface area (Å²) in [4.78, 5) is 30.4. The Morgan fingerprint density at radius 1 is 1.11 bits per heavy atom. The first-order valence-electron chi connectivity index (χ1n) is 10.7. The van der Waals surface area contributed by atoms with Gasteiger partial charge in [-0.3, -0.25) is 9.78 Å². The molecule has 0 saturated carbocycles. The van der Waals surface area contributed by atoms with Crippen LogP contribution in [0.2, 0.25) is 0 Å². The summed E-state index contributed by atoms with van der Waals surface area (Å²) in [6.45, 7) is 0. The van der Waals surface area contributed by atoms with E-state index in [0.717, 1.165) is 6.20 Å². The second kappa shape index (κ2) is 8.88. The van der Waals surface area contributed by atoms with Crippen LogP contribution in [0.3, 0.4) is 0 Å². The molecule has 3 N–H and O–H groups in total. The summed E-state index contributed by atoms with van der Waals surface area (Å²) in [5.74, 6) is -3.24. The summed E-state index contributed by atoms with van der Waals surface area (Å²) in [5.41, 5.74) is -2.98. The van der Waals surface area contributed by atoms with Crippen molar-refractivity contribution in [2.24, 2.45) is 5.92 Å². The molecule has 1 saturated heterocycles. The van der Waals surface area contributed by atoms with Crippen molar-refractivity contribution in [1.29, 1.82) is 0 Å². The summed E-state index contributed by atoms with van der Waals surface area (Å²) in [6, 6.07) is 12.1. The molecule has 0 radical (unpaired) electrons. The van der Waals surface area contributed by atoms with Gasteiger partial charge in [-0.25, -0.2) is 9.48 Å². The first-order chi connectivity index (χ1) is 17.2. The molecule has 8 nitrogen and oxygen atoms in total. The summed E-state index contributed by atoms with van der Waals surface area (Å²) in [7, 11) is 0. The molecule has 1 aromatic carbocycles. The molecular weight excluding hydrogens is 495 g/mol. The zero-order valence-electron chi connectivity index (χ0n) is 18.3. The molecule has 0 spiro atoms. The Labute approximate surface area is 206 Å². The number of ketones is 1. The average Bonchev–Trinajstić information content (AvgIpc) is 3.54. The summed E-state index contributed by atoms with van der Waals surface area (Å²) >= 11 is 1.29. The fraction of sp³-hybridized carbons (Fsp3) is 0.167. The molecule has 36 heavy (non-hydrogen) atoms. The van der Waals surface area contributed by atoms with Gasteiger partial charge < -0.3 is 15.7 Å². The quantitative estimate of drug-likeness (QED) is 0.348. The van der Waals surface area contributed by atoms with Crippen LogP contribution in [0.15, 0.2) is 78.6 Å². The maximum atomic E-state index is 14.3. The maximum absolute atomic E-state index is 14.3. The van der Waals surface area contributed by atoms with Crippen LogP contribution in [0.4, 0.5) is 18.0 Å². The van der Waals surface area contributed by atoms with Crippen LogP contribution in [0.25, 0.3) is 16.3 Å². The van der Waals surface area contributed by atoms with E-state index in [9.17, 15) is 27.9 Å². The predicted molar refractivity (Wildman–Crippen MR) is 124 cm³/mol. The summed E-state index contributed by atoms with van der Waals surface area (Å²) in [6.07, 6.45) is -1.44. The molecule has 2 amide bonds. The largest absolute Gasteiger partial charge is 0.437 e. The van der Waals surface area contributed by atoms with Gasteiger partial charge in [0, 0.05) is 29.7 Å². The van der Waals surface area contributed by atoms with Crippen molar-refractivity contribution in [3.63, 3.8) is 0 Å². The molecule has 12 heteroatoms. The smallest absolute Gasteiger partial charge is 0.363 e. The van der Waals surface area contributed by atoms with Gasteiger partial charge in [0.05, 0.1) is 16.6 Å². The number of pyridine rings is 1. The van der Waals surface area contributed by atoms with Gasteiger partial charge >= 0.3 is 12.2 Å². The number of hydrogen-bond acceptors (Lipinski definition) is 6. The van der Waals surface area contributed by atoms with Crippen LogP contribution in [-0.4, -0.2) is 43.6 Å². The van der Waals surface area contributed by atoms with Crippen LogP contribution in [0.5, 0.6) is 0 Å². The number of thiophene rings is 1. The van der Waals surface area contributed by atoms with Gasteiger partial charge in [-0.2, -0.15) is 18.3 Å². The molecule has 4 aromatic rings.